The number of ether oxygens (including phenoxy) is 2. The van der Waals surface area contributed by atoms with E-state index in [9.17, 15) is 0 Å². The summed E-state index contributed by atoms with van der Waals surface area (Å²) < 4.78 is 11.0. The first kappa shape index (κ1) is 12.9. The molecule has 0 saturated carbocycles. The van der Waals surface area contributed by atoms with E-state index in [2.05, 4.69) is 19.2 Å². The predicted octanol–water partition coefficient (Wildman–Crippen LogP) is 1.68. The Morgan fingerprint density at radius 1 is 1.20 bits per heavy atom. The second kappa shape index (κ2) is 8.08. The van der Waals surface area contributed by atoms with E-state index in [0.29, 0.717) is 0 Å². The number of nitrogens with one attached hydrogen (secondary N) is 1. The number of hydrogen-bond donors (Lipinski definition) is 1. The molecule has 1 aliphatic rings. The molecule has 1 heterocycles. The van der Waals surface area contributed by atoms with Crippen LogP contribution in [0.3, 0.4) is 0 Å². The minimum Gasteiger partial charge on any atom is -0.379 e. The van der Waals surface area contributed by atoms with E-state index in [-0.39, 0.29) is 0 Å². The third-order valence-corrected chi connectivity index (χ3v) is 2.73. The Bertz CT molecular complexity index is 145. The highest BCUT2D eigenvalue weighted by Crippen LogP contribution is 2.07. The van der Waals surface area contributed by atoms with Crippen molar-refractivity contribution in [1.82, 2.24) is 5.32 Å². The van der Waals surface area contributed by atoms with Crippen LogP contribution in [0.5, 0.6) is 0 Å². The Morgan fingerprint density at radius 2 is 2.00 bits per heavy atom. The molecule has 90 valence electrons. The SMILES string of the molecule is CC(C)CCOCCOCC1CCNC1. The van der Waals surface area contributed by atoms with Crippen LogP contribution < -0.4 is 5.32 Å². The van der Waals surface area contributed by atoms with Crippen molar-refractivity contribution >= 4 is 0 Å². The normalized spacial score (nSPS) is 21.4. The van der Waals surface area contributed by atoms with Gasteiger partial charge >= 0.3 is 0 Å². The van der Waals surface area contributed by atoms with Crippen molar-refractivity contribution in [2.75, 3.05) is 39.5 Å². The molecule has 1 rings (SSSR count). The molecule has 1 aliphatic heterocycles. The van der Waals surface area contributed by atoms with Crippen LogP contribution in [0.15, 0.2) is 0 Å². The Morgan fingerprint density at radius 3 is 2.67 bits per heavy atom. The zero-order chi connectivity index (χ0) is 10.9. The molecule has 1 saturated heterocycles. The standard InChI is InChI=1S/C12H25NO2/c1-11(2)4-6-14-7-8-15-10-12-3-5-13-9-12/h11-13H,3-10H2,1-2H3. The Balaban J connectivity index is 1.76. The highest BCUT2D eigenvalue weighted by atomic mass is 16.5. The molecule has 0 radical (unpaired) electrons. The summed E-state index contributed by atoms with van der Waals surface area (Å²) in [7, 11) is 0. The van der Waals surface area contributed by atoms with Crippen molar-refractivity contribution in [3.05, 3.63) is 0 Å². The van der Waals surface area contributed by atoms with E-state index in [1.807, 2.05) is 0 Å². The Hall–Kier alpha value is -0.120. The van der Waals surface area contributed by atoms with Crippen LogP contribution in [0.2, 0.25) is 0 Å². The largest absolute Gasteiger partial charge is 0.379 e. The van der Waals surface area contributed by atoms with Crippen molar-refractivity contribution < 1.29 is 9.47 Å². The summed E-state index contributed by atoms with van der Waals surface area (Å²) in [6.45, 7) is 9.95. The highest BCUT2D eigenvalue weighted by Gasteiger charge is 2.13. The molecule has 1 N–H and O–H groups in total. The summed E-state index contributed by atoms with van der Waals surface area (Å²) in [5.41, 5.74) is 0. The van der Waals surface area contributed by atoms with E-state index < -0.39 is 0 Å². The molecule has 0 aromatic carbocycles. The lowest BCUT2D eigenvalue weighted by atomic mass is 10.1. The number of rotatable bonds is 8. The van der Waals surface area contributed by atoms with Gasteiger partial charge in [-0.1, -0.05) is 13.8 Å². The lowest BCUT2D eigenvalue weighted by Gasteiger charge is -2.10. The first-order valence-electron chi connectivity index (χ1n) is 6.15. The summed E-state index contributed by atoms with van der Waals surface area (Å²) in [4.78, 5) is 0. The van der Waals surface area contributed by atoms with E-state index in [1.165, 1.54) is 6.42 Å². The molecule has 0 aliphatic carbocycles. The molecule has 0 bridgehead atoms. The first-order chi connectivity index (χ1) is 7.29. The van der Waals surface area contributed by atoms with Crippen molar-refractivity contribution in [2.45, 2.75) is 26.7 Å². The monoisotopic (exact) mass is 215 g/mol. The van der Waals surface area contributed by atoms with Crippen molar-refractivity contribution in [1.29, 1.82) is 0 Å². The van der Waals surface area contributed by atoms with Crippen LogP contribution in [0, 0.1) is 11.8 Å². The zero-order valence-electron chi connectivity index (χ0n) is 10.1. The Labute approximate surface area is 93.5 Å². The van der Waals surface area contributed by atoms with Crippen LogP contribution in [0.4, 0.5) is 0 Å². The van der Waals surface area contributed by atoms with Crippen LogP contribution >= 0.6 is 0 Å². The van der Waals surface area contributed by atoms with Gasteiger partial charge in [0, 0.05) is 13.2 Å². The molecular weight excluding hydrogens is 190 g/mol. The quantitative estimate of drug-likeness (QED) is 0.625. The van der Waals surface area contributed by atoms with Gasteiger partial charge in [-0.25, -0.2) is 0 Å². The van der Waals surface area contributed by atoms with Gasteiger partial charge in [-0.3, -0.25) is 0 Å². The average molecular weight is 215 g/mol. The second-order valence-corrected chi connectivity index (χ2v) is 4.73. The smallest absolute Gasteiger partial charge is 0.0700 e. The zero-order valence-corrected chi connectivity index (χ0v) is 10.1. The van der Waals surface area contributed by atoms with Crippen molar-refractivity contribution in [3.8, 4) is 0 Å². The van der Waals surface area contributed by atoms with Crippen LogP contribution in [0.1, 0.15) is 26.7 Å². The molecule has 0 aromatic rings. The summed E-state index contributed by atoms with van der Waals surface area (Å²) in [6.07, 6.45) is 2.40. The molecular formula is C12H25NO2. The average Bonchev–Trinajstić information content (AvgIpc) is 2.68. The van der Waals surface area contributed by atoms with Gasteiger partial charge in [0.25, 0.3) is 0 Å². The van der Waals surface area contributed by atoms with Gasteiger partial charge < -0.3 is 14.8 Å². The van der Waals surface area contributed by atoms with Gasteiger partial charge in [-0.2, -0.15) is 0 Å². The van der Waals surface area contributed by atoms with Crippen LogP contribution in [-0.2, 0) is 9.47 Å². The molecule has 3 heteroatoms. The third kappa shape index (κ3) is 6.88. The van der Waals surface area contributed by atoms with Gasteiger partial charge in [0.05, 0.1) is 19.8 Å². The first-order valence-corrected chi connectivity index (χ1v) is 6.15. The fourth-order valence-electron chi connectivity index (χ4n) is 1.65. The van der Waals surface area contributed by atoms with Gasteiger partial charge in [0.2, 0.25) is 0 Å². The third-order valence-electron chi connectivity index (χ3n) is 2.73. The predicted molar refractivity (Wildman–Crippen MR) is 62.1 cm³/mol. The molecule has 0 aromatic heterocycles. The number of hydrogen-bond acceptors (Lipinski definition) is 3. The van der Waals surface area contributed by atoms with Crippen LogP contribution in [-0.4, -0.2) is 39.5 Å². The van der Waals surface area contributed by atoms with E-state index in [1.54, 1.807) is 0 Å². The maximum Gasteiger partial charge on any atom is 0.0700 e. The fraction of sp³-hybridized carbons (Fsp3) is 1.00. The Kier molecular flexibility index (Phi) is 6.98. The van der Waals surface area contributed by atoms with Gasteiger partial charge in [0.15, 0.2) is 0 Å². The maximum absolute atomic E-state index is 5.56. The lowest BCUT2D eigenvalue weighted by molar-refractivity contribution is 0.0328. The highest BCUT2D eigenvalue weighted by molar-refractivity contribution is 4.70. The topological polar surface area (TPSA) is 30.5 Å². The van der Waals surface area contributed by atoms with E-state index >= 15 is 0 Å². The molecule has 0 amide bonds. The minimum atomic E-state index is 0.723. The lowest BCUT2D eigenvalue weighted by Crippen LogP contribution is -2.15. The van der Waals surface area contributed by atoms with Gasteiger partial charge in [0.1, 0.15) is 0 Å². The van der Waals surface area contributed by atoms with E-state index in [4.69, 9.17) is 9.47 Å². The molecule has 1 atom stereocenters. The summed E-state index contributed by atoms with van der Waals surface area (Å²) in [6, 6.07) is 0. The summed E-state index contributed by atoms with van der Waals surface area (Å²) in [5, 5.41) is 3.33. The van der Waals surface area contributed by atoms with Gasteiger partial charge in [-0.15, -0.1) is 0 Å². The summed E-state index contributed by atoms with van der Waals surface area (Å²) in [5.74, 6) is 1.45. The fourth-order valence-corrected chi connectivity index (χ4v) is 1.65. The molecule has 1 unspecified atom stereocenters. The second-order valence-electron chi connectivity index (χ2n) is 4.73. The molecule has 15 heavy (non-hydrogen) atoms. The van der Waals surface area contributed by atoms with Crippen LogP contribution in [0.25, 0.3) is 0 Å². The summed E-state index contributed by atoms with van der Waals surface area (Å²) >= 11 is 0. The van der Waals surface area contributed by atoms with Crippen molar-refractivity contribution in [2.24, 2.45) is 11.8 Å². The maximum atomic E-state index is 5.56. The van der Waals surface area contributed by atoms with Gasteiger partial charge in [-0.05, 0) is 31.2 Å². The molecule has 0 spiro atoms. The molecule has 3 nitrogen and oxygen atoms in total. The van der Waals surface area contributed by atoms with Crippen molar-refractivity contribution in [3.63, 3.8) is 0 Å². The molecule has 1 fully saturated rings. The minimum absolute atomic E-state index is 0.723. The van der Waals surface area contributed by atoms with E-state index in [0.717, 1.165) is 57.8 Å².